The summed E-state index contributed by atoms with van der Waals surface area (Å²) in [5.74, 6) is 0.515. The van der Waals surface area contributed by atoms with Crippen LogP contribution >= 0.6 is 23.4 Å². The first-order valence-electron chi connectivity index (χ1n) is 9.68. The highest BCUT2D eigenvalue weighted by Crippen LogP contribution is 2.48. The number of thioether (sulfide) groups is 1. The van der Waals surface area contributed by atoms with Gasteiger partial charge in [0, 0.05) is 0 Å². The Kier molecular flexibility index (Phi) is 7.03. The molecule has 1 aromatic carbocycles. The van der Waals surface area contributed by atoms with E-state index in [9.17, 15) is 10.1 Å². The third-order valence-corrected chi connectivity index (χ3v) is 6.08. The number of nitriles is 1. The Labute approximate surface area is 190 Å². The Morgan fingerprint density at radius 1 is 1.35 bits per heavy atom. The molecule has 10 heteroatoms. The lowest BCUT2D eigenvalue weighted by atomic mass is 9.92. The first-order chi connectivity index (χ1) is 14.9. The number of aliphatic imine (C=N–C) groups is 1. The highest BCUT2D eigenvalue weighted by Gasteiger charge is 2.43. The Balaban J connectivity index is 2.29. The van der Waals surface area contributed by atoms with Gasteiger partial charge in [-0.1, -0.05) is 24.9 Å². The fraction of sp³-hybridized carbons (Fsp3) is 0.381. The van der Waals surface area contributed by atoms with Crippen molar-refractivity contribution in [1.82, 2.24) is 4.90 Å². The Morgan fingerprint density at radius 2 is 2.10 bits per heavy atom. The minimum Gasteiger partial charge on any atom is -0.493 e. The summed E-state index contributed by atoms with van der Waals surface area (Å²) in [5.41, 5.74) is 7.90. The maximum absolute atomic E-state index is 13.1. The summed E-state index contributed by atoms with van der Waals surface area (Å²) >= 11 is 7.64. The number of rotatable bonds is 7. The van der Waals surface area contributed by atoms with Crippen molar-refractivity contribution < 1.29 is 19.0 Å². The summed E-state index contributed by atoms with van der Waals surface area (Å²) in [5, 5.41) is 10.4. The first kappa shape index (κ1) is 22.8. The third-order valence-electron chi connectivity index (χ3n) is 4.82. The number of carbonyl (C=O) groups excluding carboxylic acids is 1. The maximum atomic E-state index is 13.1. The van der Waals surface area contributed by atoms with Crippen molar-refractivity contribution in [3.63, 3.8) is 0 Å². The van der Waals surface area contributed by atoms with Crippen LogP contribution in [-0.4, -0.2) is 36.9 Å². The monoisotopic (exact) mass is 462 g/mol. The van der Waals surface area contributed by atoms with Crippen LogP contribution in [0.25, 0.3) is 0 Å². The molecule has 1 aromatic rings. The van der Waals surface area contributed by atoms with Gasteiger partial charge in [-0.05, 0) is 42.8 Å². The second-order valence-electron chi connectivity index (χ2n) is 6.66. The minimum atomic E-state index is -0.691. The van der Waals surface area contributed by atoms with Gasteiger partial charge in [-0.15, -0.1) is 0 Å². The van der Waals surface area contributed by atoms with E-state index in [0.29, 0.717) is 49.8 Å². The zero-order chi connectivity index (χ0) is 22.7. The summed E-state index contributed by atoms with van der Waals surface area (Å²) in [6.45, 7) is 3.95. The highest BCUT2D eigenvalue weighted by atomic mass is 35.5. The molecule has 164 valence electrons. The smallest absolute Gasteiger partial charge is 0.338 e. The number of hydrogen-bond donors (Lipinski definition) is 1. The van der Waals surface area contributed by atoms with E-state index in [1.165, 1.54) is 26.0 Å². The first-order valence-corrected chi connectivity index (χ1v) is 10.9. The van der Waals surface area contributed by atoms with Gasteiger partial charge >= 0.3 is 5.97 Å². The Bertz CT molecular complexity index is 1040. The second-order valence-corrected chi connectivity index (χ2v) is 8.05. The summed E-state index contributed by atoms with van der Waals surface area (Å²) in [4.78, 5) is 19.7. The van der Waals surface area contributed by atoms with Crippen molar-refractivity contribution in [2.75, 3.05) is 20.8 Å². The summed E-state index contributed by atoms with van der Waals surface area (Å²) in [7, 11) is 3.00. The zero-order valence-electron chi connectivity index (χ0n) is 17.7. The fourth-order valence-electron chi connectivity index (χ4n) is 3.55. The van der Waals surface area contributed by atoms with Crippen LogP contribution in [0, 0.1) is 11.3 Å². The van der Waals surface area contributed by atoms with Gasteiger partial charge in [-0.3, -0.25) is 4.90 Å². The van der Waals surface area contributed by atoms with Crippen molar-refractivity contribution in [2.45, 2.75) is 32.7 Å². The van der Waals surface area contributed by atoms with Crippen LogP contribution in [-0.2, 0) is 9.53 Å². The lowest BCUT2D eigenvalue weighted by Crippen LogP contribution is -2.39. The van der Waals surface area contributed by atoms with E-state index >= 15 is 0 Å². The molecule has 0 aromatic heterocycles. The number of methoxy groups -OCH3 is 2. The number of hydrogen-bond acceptors (Lipinski definition) is 9. The topological polar surface area (TPSA) is 110 Å². The standard InChI is InChI=1S/C21H23ClN4O4S/c1-5-7-13-16(20(27)30-6-2)17(26-19(24)15(10-23)31-21(26)25-13)11-8-12(22)18(29-4)14(9-11)28-3/h8-9,17H,5-7,24H2,1-4H3/t17-/m0/s1. The SMILES string of the molecule is CCCC1=C(C(=O)OCC)[C@H](c2cc(Cl)c(OC)c(OC)c2)N2C(=N1)SC(C#N)=C2N. The van der Waals surface area contributed by atoms with Gasteiger partial charge < -0.3 is 19.9 Å². The largest absolute Gasteiger partial charge is 0.493 e. The van der Waals surface area contributed by atoms with Gasteiger partial charge in [-0.25, -0.2) is 9.79 Å². The predicted molar refractivity (Wildman–Crippen MR) is 120 cm³/mol. The van der Waals surface area contributed by atoms with Crippen molar-refractivity contribution >= 4 is 34.5 Å². The number of fused-ring (bicyclic) bond motifs is 1. The van der Waals surface area contributed by atoms with Gasteiger partial charge in [-0.2, -0.15) is 5.26 Å². The summed E-state index contributed by atoms with van der Waals surface area (Å²) in [6, 6.07) is 4.84. The molecule has 0 unspecified atom stereocenters. The molecule has 2 N–H and O–H groups in total. The fourth-order valence-corrected chi connectivity index (χ4v) is 4.74. The normalized spacial score (nSPS) is 17.9. The van der Waals surface area contributed by atoms with Gasteiger partial charge in [0.05, 0.1) is 43.2 Å². The van der Waals surface area contributed by atoms with Crippen LogP contribution in [0.4, 0.5) is 0 Å². The van der Waals surface area contributed by atoms with Crippen LogP contribution in [0.2, 0.25) is 5.02 Å². The van der Waals surface area contributed by atoms with E-state index in [4.69, 9.17) is 31.5 Å². The number of nitrogens with two attached hydrogens (primary N) is 1. The Morgan fingerprint density at radius 3 is 2.68 bits per heavy atom. The van der Waals surface area contributed by atoms with E-state index in [1.807, 2.05) is 6.92 Å². The van der Waals surface area contributed by atoms with Crippen molar-refractivity contribution in [3.8, 4) is 17.6 Å². The lowest BCUT2D eigenvalue weighted by Gasteiger charge is -2.35. The van der Waals surface area contributed by atoms with Gasteiger partial charge in [0.15, 0.2) is 16.7 Å². The molecule has 0 saturated heterocycles. The molecule has 3 rings (SSSR count). The predicted octanol–water partition coefficient (Wildman–Crippen LogP) is 4.09. The number of ether oxygens (including phenoxy) is 3. The molecule has 2 aliphatic rings. The minimum absolute atomic E-state index is 0.210. The van der Waals surface area contributed by atoms with Gasteiger partial charge in [0.1, 0.15) is 16.8 Å². The van der Waals surface area contributed by atoms with Crippen molar-refractivity contribution in [1.29, 1.82) is 5.26 Å². The number of nitrogens with zero attached hydrogens (tertiary/aromatic N) is 3. The number of allylic oxidation sites excluding steroid dienone is 2. The van der Waals surface area contributed by atoms with Crippen LogP contribution in [0.15, 0.2) is 39.1 Å². The molecule has 0 fully saturated rings. The summed E-state index contributed by atoms with van der Waals surface area (Å²) < 4.78 is 16.2. The van der Waals surface area contributed by atoms with Crippen molar-refractivity contribution in [2.24, 2.45) is 10.7 Å². The molecule has 0 radical (unpaired) electrons. The number of carbonyl (C=O) groups is 1. The Hall–Kier alpha value is -2.83. The molecule has 0 saturated carbocycles. The van der Waals surface area contributed by atoms with Crippen LogP contribution in [0.3, 0.4) is 0 Å². The molecule has 0 spiro atoms. The maximum Gasteiger partial charge on any atom is 0.338 e. The molecular formula is C21H23ClN4O4S. The molecule has 2 heterocycles. The quantitative estimate of drug-likeness (QED) is 0.603. The molecule has 1 atom stereocenters. The highest BCUT2D eigenvalue weighted by molar-refractivity contribution is 8.17. The number of benzene rings is 1. The van der Waals surface area contributed by atoms with E-state index in [0.717, 1.165) is 6.42 Å². The van der Waals surface area contributed by atoms with Crippen LogP contribution < -0.4 is 15.2 Å². The van der Waals surface area contributed by atoms with Gasteiger partial charge in [0.2, 0.25) is 0 Å². The van der Waals surface area contributed by atoms with Crippen LogP contribution in [0.1, 0.15) is 38.3 Å². The number of esters is 1. The molecule has 0 amide bonds. The molecule has 2 aliphatic heterocycles. The number of amidine groups is 1. The number of halogens is 1. The second kappa shape index (κ2) is 9.54. The van der Waals surface area contributed by atoms with Gasteiger partial charge in [0.25, 0.3) is 0 Å². The average molecular weight is 463 g/mol. The molecule has 0 aliphatic carbocycles. The van der Waals surface area contributed by atoms with E-state index < -0.39 is 12.0 Å². The average Bonchev–Trinajstić information content (AvgIpc) is 3.07. The van der Waals surface area contributed by atoms with E-state index in [1.54, 1.807) is 24.0 Å². The van der Waals surface area contributed by atoms with Crippen molar-refractivity contribution in [3.05, 3.63) is 44.7 Å². The van der Waals surface area contributed by atoms with E-state index in [2.05, 4.69) is 11.1 Å². The summed E-state index contributed by atoms with van der Waals surface area (Å²) in [6.07, 6.45) is 1.33. The zero-order valence-corrected chi connectivity index (χ0v) is 19.3. The third kappa shape index (κ3) is 4.05. The molecular weight excluding hydrogens is 440 g/mol. The lowest BCUT2D eigenvalue weighted by molar-refractivity contribution is -0.139. The molecule has 8 nitrogen and oxygen atoms in total. The molecule has 0 bridgehead atoms. The molecule has 31 heavy (non-hydrogen) atoms. The van der Waals surface area contributed by atoms with E-state index in [-0.39, 0.29) is 12.4 Å². The van der Waals surface area contributed by atoms with Crippen LogP contribution in [0.5, 0.6) is 11.5 Å².